The molecule has 152 valence electrons. The van der Waals surface area contributed by atoms with Gasteiger partial charge in [0.05, 0.1) is 16.6 Å². The maximum absolute atomic E-state index is 15.1. The molecule has 1 aromatic carbocycles. The van der Waals surface area contributed by atoms with Crippen molar-refractivity contribution in [3.05, 3.63) is 39.4 Å². The standard InChI is InChI=1S/C22H29FN2O3/c1-4-15(5-2)25-12-16(22(27)28)21(26)19-13(3)20(23)17(11-18(19)25)24-14-9-7-6-8-10-14/h11-12,14-15,24H,4-10H2,1-3H3,(H,27,28). The van der Waals surface area contributed by atoms with E-state index in [9.17, 15) is 14.7 Å². The molecule has 0 amide bonds. The predicted octanol–water partition coefficient (Wildman–Crippen LogP) is 5.25. The van der Waals surface area contributed by atoms with E-state index in [1.807, 2.05) is 18.4 Å². The molecule has 1 fully saturated rings. The van der Waals surface area contributed by atoms with E-state index in [1.165, 1.54) is 12.6 Å². The molecule has 2 aromatic rings. The normalized spacial score (nSPS) is 15.3. The van der Waals surface area contributed by atoms with Crippen molar-refractivity contribution in [1.29, 1.82) is 0 Å². The number of pyridine rings is 1. The largest absolute Gasteiger partial charge is 0.477 e. The molecule has 0 spiro atoms. The number of benzene rings is 1. The van der Waals surface area contributed by atoms with Gasteiger partial charge in [-0.15, -0.1) is 0 Å². The molecule has 1 saturated carbocycles. The highest BCUT2D eigenvalue weighted by Crippen LogP contribution is 2.31. The highest BCUT2D eigenvalue weighted by molar-refractivity contribution is 5.95. The number of rotatable bonds is 6. The maximum Gasteiger partial charge on any atom is 0.341 e. The number of aryl methyl sites for hydroxylation is 1. The summed E-state index contributed by atoms with van der Waals surface area (Å²) in [5.74, 6) is -1.75. The topological polar surface area (TPSA) is 71.3 Å². The summed E-state index contributed by atoms with van der Waals surface area (Å²) in [7, 11) is 0. The number of carboxylic acids is 1. The van der Waals surface area contributed by atoms with Crippen molar-refractivity contribution in [3.8, 4) is 0 Å². The average molecular weight is 388 g/mol. The Morgan fingerprint density at radius 2 is 1.93 bits per heavy atom. The van der Waals surface area contributed by atoms with Crippen molar-refractivity contribution < 1.29 is 14.3 Å². The third-order valence-electron chi connectivity index (χ3n) is 6.03. The maximum atomic E-state index is 15.1. The van der Waals surface area contributed by atoms with Gasteiger partial charge in [-0.1, -0.05) is 33.1 Å². The SMILES string of the molecule is CCC(CC)n1cc(C(=O)O)c(=O)c2c(C)c(F)c(NC3CCCCC3)cc21. The molecule has 0 radical (unpaired) electrons. The van der Waals surface area contributed by atoms with E-state index in [0.29, 0.717) is 11.2 Å². The molecule has 0 saturated heterocycles. The third kappa shape index (κ3) is 3.64. The Morgan fingerprint density at radius 1 is 1.29 bits per heavy atom. The fraction of sp³-hybridized carbons (Fsp3) is 0.545. The van der Waals surface area contributed by atoms with Crippen LogP contribution in [0.4, 0.5) is 10.1 Å². The summed E-state index contributed by atoms with van der Waals surface area (Å²) in [5.41, 5.74) is 0.281. The van der Waals surface area contributed by atoms with Gasteiger partial charge in [0.15, 0.2) is 0 Å². The second-order valence-corrected chi connectivity index (χ2v) is 7.79. The van der Waals surface area contributed by atoms with Crippen LogP contribution < -0.4 is 10.7 Å². The number of hydrogen-bond donors (Lipinski definition) is 2. The quantitative estimate of drug-likeness (QED) is 0.709. The van der Waals surface area contributed by atoms with Crippen LogP contribution in [0.3, 0.4) is 0 Å². The van der Waals surface area contributed by atoms with E-state index >= 15 is 4.39 Å². The van der Waals surface area contributed by atoms with E-state index in [1.54, 1.807) is 13.0 Å². The number of fused-ring (bicyclic) bond motifs is 1. The van der Waals surface area contributed by atoms with Crippen LogP contribution in [0.2, 0.25) is 0 Å². The molecule has 1 aliphatic carbocycles. The molecule has 1 heterocycles. The lowest BCUT2D eigenvalue weighted by Gasteiger charge is -2.26. The summed E-state index contributed by atoms with van der Waals surface area (Å²) in [6.45, 7) is 5.61. The zero-order chi connectivity index (χ0) is 20.4. The number of anilines is 1. The van der Waals surface area contributed by atoms with Crippen LogP contribution in [0.15, 0.2) is 17.1 Å². The van der Waals surface area contributed by atoms with Crippen LogP contribution in [0.5, 0.6) is 0 Å². The van der Waals surface area contributed by atoms with Crippen LogP contribution in [-0.4, -0.2) is 21.7 Å². The van der Waals surface area contributed by atoms with Gasteiger partial charge >= 0.3 is 5.97 Å². The minimum absolute atomic E-state index is 0.0357. The van der Waals surface area contributed by atoms with Crippen molar-refractivity contribution in [2.75, 3.05) is 5.32 Å². The van der Waals surface area contributed by atoms with Crippen LogP contribution >= 0.6 is 0 Å². The lowest BCUT2D eigenvalue weighted by Crippen LogP contribution is -2.25. The zero-order valence-corrected chi connectivity index (χ0v) is 16.8. The smallest absolute Gasteiger partial charge is 0.341 e. The number of nitrogens with one attached hydrogen (secondary N) is 1. The Bertz CT molecular complexity index is 941. The van der Waals surface area contributed by atoms with Gasteiger partial charge in [-0.25, -0.2) is 9.18 Å². The Balaban J connectivity index is 2.25. The third-order valence-corrected chi connectivity index (χ3v) is 6.03. The summed E-state index contributed by atoms with van der Waals surface area (Å²) in [6.07, 6.45) is 8.49. The van der Waals surface area contributed by atoms with Crippen molar-refractivity contribution in [1.82, 2.24) is 4.57 Å². The van der Waals surface area contributed by atoms with Gasteiger partial charge in [0.2, 0.25) is 5.43 Å². The molecule has 2 N–H and O–H groups in total. The molecule has 5 nitrogen and oxygen atoms in total. The second kappa shape index (κ2) is 8.33. The van der Waals surface area contributed by atoms with E-state index < -0.39 is 17.2 Å². The molecular formula is C22H29FN2O3. The Morgan fingerprint density at radius 3 is 2.50 bits per heavy atom. The second-order valence-electron chi connectivity index (χ2n) is 7.79. The predicted molar refractivity (Wildman–Crippen MR) is 110 cm³/mol. The first kappa shape index (κ1) is 20.4. The number of halogens is 1. The first-order valence-corrected chi connectivity index (χ1v) is 10.3. The molecule has 0 bridgehead atoms. The van der Waals surface area contributed by atoms with Crippen molar-refractivity contribution >= 4 is 22.6 Å². The van der Waals surface area contributed by atoms with Gasteiger partial charge in [0.25, 0.3) is 0 Å². The van der Waals surface area contributed by atoms with Crippen molar-refractivity contribution in [2.45, 2.75) is 77.8 Å². The van der Waals surface area contributed by atoms with Crippen LogP contribution in [0, 0.1) is 12.7 Å². The van der Waals surface area contributed by atoms with Gasteiger partial charge in [-0.05, 0) is 38.7 Å². The number of aromatic nitrogens is 1. The fourth-order valence-corrected chi connectivity index (χ4v) is 4.38. The van der Waals surface area contributed by atoms with Crippen molar-refractivity contribution in [2.24, 2.45) is 0 Å². The van der Waals surface area contributed by atoms with Gasteiger partial charge in [0.1, 0.15) is 11.4 Å². The lowest BCUT2D eigenvalue weighted by atomic mass is 9.95. The van der Waals surface area contributed by atoms with Crippen molar-refractivity contribution in [3.63, 3.8) is 0 Å². The van der Waals surface area contributed by atoms with Gasteiger partial charge in [-0.3, -0.25) is 4.79 Å². The molecule has 0 unspecified atom stereocenters. The number of carboxylic acid groups (broad SMARTS) is 1. The van der Waals surface area contributed by atoms with Crippen LogP contribution in [-0.2, 0) is 0 Å². The van der Waals surface area contributed by atoms with E-state index in [0.717, 1.165) is 38.5 Å². The summed E-state index contributed by atoms with van der Waals surface area (Å²) in [6, 6.07) is 1.96. The fourth-order valence-electron chi connectivity index (χ4n) is 4.38. The zero-order valence-electron chi connectivity index (χ0n) is 16.8. The Hall–Kier alpha value is -2.37. The summed E-state index contributed by atoms with van der Waals surface area (Å²) < 4.78 is 17.0. The van der Waals surface area contributed by atoms with Crippen LogP contribution in [0.1, 0.15) is 80.8 Å². The molecule has 3 rings (SSSR count). The highest BCUT2D eigenvalue weighted by Gasteiger charge is 2.23. The molecule has 1 aliphatic rings. The molecule has 6 heteroatoms. The molecule has 0 atom stereocenters. The Labute approximate surface area is 164 Å². The number of nitrogens with zero attached hydrogens (tertiary/aromatic N) is 1. The summed E-state index contributed by atoms with van der Waals surface area (Å²) in [5, 5.41) is 13.0. The van der Waals surface area contributed by atoms with E-state index in [4.69, 9.17) is 0 Å². The summed E-state index contributed by atoms with van der Waals surface area (Å²) in [4.78, 5) is 24.4. The molecular weight excluding hydrogens is 359 g/mol. The van der Waals surface area contributed by atoms with Crippen LogP contribution in [0.25, 0.3) is 10.9 Å². The Kier molecular flexibility index (Phi) is 6.06. The molecule has 1 aromatic heterocycles. The first-order valence-electron chi connectivity index (χ1n) is 10.3. The monoisotopic (exact) mass is 388 g/mol. The average Bonchev–Trinajstić information content (AvgIpc) is 2.68. The minimum atomic E-state index is -1.28. The van der Waals surface area contributed by atoms with E-state index in [-0.39, 0.29) is 28.6 Å². The van der Waals surface area contributed by atoms with Gasteiger partial charge < -0.3 is 15.0 Å². The minimum Gasteiger partial charge on any atom is -0.477 e. The van der Waals surface area contributed by atoms with Gasteiger partial charge in [-0.2, -0.15) is 0 Å². The lowest BCUT2D eigenvalue weighted by molar-refractivity contribution is 0.0694. The molecule has 28 heavy (non-hydrogen) atoms. The molecule has 0 aliphatic heterocycles. The number of aromatic carboxylic acids is 1. The number of carbonyl (C=O) groups is 1. The summed E-state index contributed by atoms with van der Waals surface area (Å²) >= 11 is 0. The van der Waals surface area contributed by atoms with E-state index in [2.05, 4.69) is 5.32 Å². The van der Waals surface area contributed by atoms with Gasteiger partial charge in [0, 0.05) is 23.8 Å². The highest BCUT2D eigenvalue weighted by atomic mass is 19.1. The first-order chi connectivity index (χ1) is 13.4. The number of hydrogen-bond acceptors (Lipinski definition) is 3.